The zero-order valence-electron chi connectivity index (χ0n) is 16.4. The second-order valence-electron chi connectivity index (χ2n) is 6.65. The summed E-state index contributed by atoms with van der Waals surface area (Å²) in [6.45, 7) is 10.2. The number of carbonyl (C=O) groups is 1. The van der Waals surface area contributed by atoms with Crippen molar-refractivity contribution in [2.24, 2.45) is 5.73 Å². The molecule has 0 heterocycles. The average molecular weight is 383 g/mol. The highest BCUT2D eigenvalue weighted by atomic mass is 32.2. The van der Waals surface area contributed by atoms with Crippen molar-refractivity contribution in [3.05, 3.63) is 34.9 Å². The molecule has 0 bridgehead atoms. The predicted octanol–water partition coefficient (Wildman–Crippen LogP) is 4.93. The van der Waals surface area contributed by atoms with Gasteiger partial charge in [0, 0.05) is 18.4 Å². The maximum Gasteiger partial charge on any atom is 0.217 e. The fourth-order valence-corrected chi connectivity index (χ4v) is 3.45. The van der Waals surface area contributed by atoms with Crippen LogP contribution in [0.25, 0.3) is 0 Å². The largest absolute Gasteiger partial charge is 0.392 e. The van der Waals surface area contributed by atoms with E-state index in [0.29, 0.717) is 10.7 Å². The predicted molar refractivity (Wildman–Crippen MR) is 117 cm³/mol. The number of carbonyl (C=O) groups excluding carboxylic acids is 1. The van der Waals surface area contributed by atoms with E-state index in [0.717, 1.165) is 31.4 Å². The second-order valence-corrected chi connectivity index (χ2v) is 8.20. The van der Waals surface area contributed by atoms with Crippen LogP contribution in [0.5, 0.6) is 0 Å². The molecule has 1 atom stereocenters. The van der Waals surface area contributed by atoms with E-state index < -0.39 is 0 Å². The summed E-state index contributed by atoms with van der Waals surface area (Å²) in [5.41, 5.74) is 9.90. The summed E-state index contributed by atoms with van der Waals surface area (Å²) in [4.78, 5) is 11.5. The first-order valence-electron chi connectivity index (χ1n) is 8.81. The Balaban J connectivity index is 4.07. The summed E-state index contributed by atoms with van der Waals surface area (Å²) >= 11 is 6.72. The van der Waals surface area contributed by atoms with Gasteiger partial charge < -0.3 is 11.1 Å². The number of amides is 1. The molecular weight excluding hydrogens is 348 g/mol. The molecule has 0 aliphatic rings. The van der Waals surface area contributed by atoms with E-state index in [1.807, 2.05) is 0 Å². The summed E-state index contributed by atoms with van der Waals surface area (Å²) in [5.74, 6) is 1.52. The van der Waals surface area contributed by atoms with Gasteiger partial charge in [0.2, 0.25) is 5.91 Å². The lowest BCUT2D eigenvalue weighted by atomic mass is 10.1. The zero-order chi connectivity index (χ0) is 19.2. The third-order valence-corrected chi connectivity index (χ3v) is 4.93. The third-order valence-electron chi connectivity index (χ3n) is 3.68. The quantitative estimate of drug-likeness (QED) is 0.285. The highest BCUT2D eigenvalue weighted by molar-refractivity contribution is 7.99. The molecule has 0 aromatic carbocycles. The molecule has 0 aliphatic heterocycles. The van der Waals surface area contributed by atoms with Gasteiger partial charge in [-0.15, -0.1) is 0 Å². The Bertz CT molecular complexity index is 518. The van der Waals surface area contributed by atoms with Gasteiger partial charge in [-0.25, -0.2) is 0 Å². The highest BCUT2D eigenvalue weighted by Crippen LogP contribution is 2.13. The fourth-order valence-electron chi connectivity index (χ4n) is 2.17. The molecule has 0 radical (unpaired) electrons. The highest BCUT2D eigenvalue weighted by Gasteiger charge is 2.12. The van der Waals surface area contributed by atoms with Crippen LogP contribution in [-0.2, 0) is 4.79 Å². The van der Waals surface area contributed by atoms with Gasteiger partial charge in [0.05, 0.1) is 11.0 Å². The molecule has 3 N–H and O–H groups in total. The Labute approximate surface area is 163 Å². The van der Waals surface area contributed by atoms with E-state index in [4.69, 9.17) is 18.0 Å². The number of allylic oxidation sites excluding steroid dienone is 5. The van der Waals surface area contributed by atoms with Crippen molar-refractivity contribution in [3.63, 3.8) is 0 Å². The molecule has 0 spiro atoms. The maximum absolute atomic E-state index is 11.1. The van der Waals surface area contributed by atoms with Crippen LogP contribution in [-0.4, -0.2) is 28.4 Å². The van der Waals surface area contributed by atoms with Gasteiger partial charge in [0.15, 0.2) is 0 Å². The van der Waals surface area contributed by atoms with Gasteiger partial charge in [0.1, 0.15) is 0 Å². The Morgan fingerprint density at radius 2 is 1.60 bits per heavy atom. The molecule has 142 valence electrons. The van der Waals surface area contributed by atoms with Gasteiger partial charge in [-0.05, 0) is 53.4 Å². The maximum atomic E-state index is 11.1. The number of nitrogens with one attached hydrogen (secondary N) is 1. The Hall–Kier alpha value is -1.07. The molecule has 0 unspecified atom stereocenters. The molecule has 0 fully saturated rings. The molecule has 0 aliphatic carbocycles. The number of thioether (sulfide) groups is 1. The van der Waals surface area contributed by atoms with Crippen molar-refractivity contribution in [2.75, 3.05) is 11.5 Å². The van der Waals surface area contributed by atoms with Crippen molar-refractivity contribution in [2.45, 2.75) is 66.3 Å². The van der Waals surface area contributed by atoms with Gasteiger partial charge >= 0.3 is 0 Å². The monoisotopic (exact) mass is 382 g/mol. The summed E-state index contributed by atoms with van der Waals surface area (Å²) in [7, 11) is 0. The van der Waals surface area contributed by atoms with E-state index in [9.17, 15) is 4.79 Å². The fraction of sp³-hybridized carbons (Fsp3) is 0.600. The average Bonchev–Trinajstić information content (AvgIpc) is 2.49. The molecule has 0 aromatic rings. The Kier molecular flexibility index (Phi) is 13.5. The lowest BCUT2D eigenvalue weighted by molar-refractivity contribution is -0.119. The minimum atomic E-state index is -0.224. The normalized spacial score (nSPS) is 13.3. The molecule has 0 saturated heterocycles. The molecule has 0 rings (SSSR count). The summed E-state index contributed by atoms with van der Waals surface area (Å²) in [6.07, 6.45) is 11.4. The van der Waals surface area contributed by atoms with Crippen LogP contribution in [0.2, 0.25) is 0 Å². The molecule has 25 heavy (non-hydrogen) atoms. The minimum absolute atomic E-state index is 0.100. The summed E-state index contributed by atoms with van der Waals surface area (Å²) in [6, 6.07) is -0.224. The van der Waals surface area contributed by atoms with E-state index in [1.54, 1.807) is 11.8 Å². The van der Waals surface area contributed by atoms with E-state index in [-0.39, 0.29) is 11.9 Å². The topological polar surface area (TPSA) is 55.1 Å². The van der Waals surface area contributed by atoms with E-state index in [1.165, 1.54) is 23.6 Å². The minimum Gasteiger partial charge on any atom is -0.392 e. The van der Waals surface area contributed by atoms with Crippen molar-refractivity contribution >= 4 is 34.9 Å². The number of thiocarbonyl (C=S) groups is 1. The van der Waals surface area contributed by atoms with Gasteiger partial charge in [0.25, 0.3) is 0 Å². The summed E-state index contributed by atoms with van der Waals surface area (Å²) in [5, 5.41) is 2.78. The first-order chi connectivity index (χ1) is 11.7. The van der Waals surface area contributed by atoms with Crippen LogP contribution in [0.1, 0.15) is 60.3 Å². The van der Waals surface area contributed by atoms with Crippen molar-refractivity contribution in [1.29, 1.82) is 0 Å². The van der Waals surface area contributed by atoms with Crippen molar-refractivity contribution in [3.8, 4) is 0 Å². The van der Waals surface area contributed by atoms with Crippen LogP contribution in [0.3, 0.4) is 0 Å². The SMILES string of the molecule is CC(=O)N[C@H](CSC/C=C(\C)CC/C=C(\C)CCC=C(C)C)C(N)=S. The third kappa shape index (κ3) is 14.9. The van der Waals surface area contributed by atoms with Gasteiger partial charge in [-0.1, -0.05) is 47.2 Å². The Morgan fingerprint density at radius 1 is 1.04 bits per heavy atom. The van der Waals surface area contributed by atoms with Gasteiger partial charge in [-0.2, -0.15) is 11.8 Å². The van der Waals surface area contributed by atoms with Gasteiger partial charge in [-0.3, -0.25) is 4.79 Å². The van der Waals surface area contributed by atoms with Crippen LogP contribution >= 0.6 is 24.0 Å². The van der Waals surface area contributed by atoms with Crippen LogP contribution in [0.4, 0.5) is 0 Å². The van der Waals surface area contributed by atoms with Crippen LogP contribution in [0, 0.1) is 0 Å². The molecule has 5 heteroatoms. The lowest BCUT2D eigenvalue weighted by Gasteiger charge is -2.15. The van der Waals surface area contributed by atoms with Crippen LogP contribution in [0.15, 0.2) is 34.9 Å². The molecule has 0 aromatic heterocycles. The second kappa shape index (κ2) is 14.1. The first-order valence-corrected chi connectivity index (χ1v) is 10.4. The smallest absolute Gasteiger partial charge is 0.217 e. The number of nitrogens with two attached hydrogens (primary N) is 1. The van der Waals surface area contributed by atoms with Crippen molar-refractivity contribution < 1.29 is 4.79 Å². The van der Waals surface area contributed by atoms with Crippen LogP contribution < -0.4 is 11.1 Å². The molecule has 1 amide bonds. The number of hydrogen-bond donors (Lipinski definition) is 2. The molecular formula is C20H34N2OS2. The van der Waals surface area contributed by atoms with Crippen molar-refractivity contribution in [1.82, 2.24) is 5.32 Å². The number of rotatable bonds is 12. The molecule has 3 nitrogen and oxygen atoms in total. The number of hydrogen-bond acceptors (Lipinski definition) is 3. The van der Waals surface area contributed by atoms with E-state index in [2.05, 4.69) is 51.2 Å². The first kappa shape index (κ1) is 23.9. The zero-order valence-corrected chi connectivity index (χ0v) is 18.0. The summed E-state index contributed by atoms with van der Waals surface area (Å²) < 4.78 is 0. The standard InChI is InChI=1S/C20H34N2OS2/c1-15(2)8-6-9-16(3)10-7-11-17(4)12-13-25-14-19(20(21)24)22-18(5)23/h8,10,12,19H,6-7,9,11,13-14H2,1-5H3,(H2,21,24)(H,22,23)/b16-10+,17-12+/t19-/m1/s1. The lowest BCUT2D eigenvalue weighted by Crippen LogP contribution is -2.44. The molecule has 0 saturated carbocycles. The Morgan fingerprint density at radius 3 is 2.12 bits per heavy atom. The van der Waals surface area contributed by atoms with E-state index >= 15 is 0 Å².